The first-order valence-corrected chi connectivity index (χ1v) is 7.52. The quantitative estimate of drug-likeness (QED) is 0.919. The number of para-hydroxylation sites is 2. The monoisotopic (exact) mass is 291 g/mol. The van der Waals surface area contributed by atoms with E-state index in [2.05, 4.69) is 0 Å². The molecular weight excluding hydrogens is 270 g/mol. The summed E-state index contributed by atoms with van der Waals surface area (Å²) in [6, 6.07) is 7.50. The summed E-state index contributed by atoms with van der Waals surface area (Å²) >= 11 is 0. The maximum absolute atomic E-state index is 12.6. The first kappa shape index (κ1) is 14.2. The van der Waals surface area contributed by atoms with E-state index in [1.807, 2.05) is 29.2 Å². The van der Waals surface area contributed by atoms with Crippen molar-refractivity contribution in [1.82, 2.24) is 4.90 Å². The lowest BCUT2D eigenvalue weighted by molar-refractivity contribution is -0.142. The Morgan fingerprint density at radius 3 is 2.95 bits per heavy atom. The molecule has 114 valence electrons. The van der Waals surface area contributed by atoms with Gasteiger partial charge in [-0.2, -0.15) is 0 Å². The van der Waals surface area contributed by atoms with Crippen LogP contribution < -0.4 is 9.47 Å². The van der Waals surface area contributed by atoms with Gasteiger partial charge in [0, 0.05) is 12.6 Å². The van der Waals surface area contributed by atoms with E-state index in [-0.39, 0.29) is 18.6 Å². The van der Waals surface area contributed by atoms with Crippen LogP contribution in [0.5, 0.6) is 11.5 Å². The summed E-state index contributed by atoms with van der Waals surface area (Å²) < 4.78 is 11.4. The largest absolute Gasteiger partial charge is 0.485 e. The summed E-state index contributed by atoms with van der Waals surface area (Å²) in [6.45, 7) is 2.74. The number of ether oxygens (including phenoxy) is 2. The Morgan fingerprint density at radius 1 is 1.43 bits per heavy atom. The molecule has 3 atom stereocenters. The third-order valence-electron chi connectivity index (χ3n) is 4.06. The van der Waals surface area contributed by atoms with Crippen LogP contribution in [0.4, 0.5) is 0 Å². The molecule has 1 aromatic carbocycles. The molecule has 0 aliphatic carbocycles. The average Bonchev–Trinajstić information content (AvgIpc) is 2.93. The number of aliphatic hydroxyl groups excluding tert-OH is 1. The van der Waals surface area contributed by atoms with Crippen LogP contribution in [0.15, 0.2) is 24.3 Å². The van der Waals surface area contributed by atoms with Crippen molar-refractivity contribution in [2.24, 2.45) is 0 Å². The van der Waals surface area contributed by atoms with Gasteiger partial charge in [-0.25, -0.2) is 0 Å². The standard InChI is InChI=1S/C16H21NO4/c1-11(18)9-12-5-4-8-17(12)16(19)15-10-20-13-6-2-3-7-14(13)21-15/h2-3,6-7,11-12,15,18H,4-5,8-10H2,1H3. The molecule has 2 aliphatic rings. The van der Waals surface area contributed by atoms with Crippen molar-refractivity contribution in [3.05, 3.63) is 24.3 Å². The Labute approximate surface area is 124 Å². The number of nitrogens with zero attached hydrogens (tertiary/aromatic N) is 1. The predicted octanol–water partition coefficient (Wildman–Crippen LogP) is 1.59. The fraction of sp³-hybridized carbons (Fsp3) is 0.562. The van der Waals surface area contributed by atoms with E-state index in [0.29, 0.717) is 17.9 Å². The predicted molar refractivity (Wildman–Crippen MR) is 77.4 cm³/mol. The number of rotatable bonds is 3. The Bertz CT molecular complexity index is 517. The number of hydrogen-bond donors (Lipinski definition) is 1. The lowest BCUT2D eigenvalue weighted by atomic mass is 10.1. The van der Waals surface area contributed by atoms with E-state index in [1.54, 1.807) is 6.92 Å². The van der Waals surface area contributed by atoms with E-state index in [9.17, 15) is 9.90 Å². The van der Waals surface area contributed by atoms with E-state index < -0.39 is 12.2 Å². The lowest BCUT2D eigenvalue weighted by Crippen LogP contribution is -2.48. The number of aliphatic hydroxyl groups is 1. The van der Waals surface area contributed by atoms with E-state index in [0.717, 1.165) is 19.4 Å². The first-order chi connectivity index (χ1) is 10.1. The molecule has 21 heavy (non-hydrogen) atoms. The van der Waals surface area contributed by atoms with Crippen LogP contribution in [-0.4, -0.2) is 47.3 Å². The molecule has 3 unspecified atom stereocenters. The zero-order valence-electron chi connectivity index (χ0n) is 12.2. The van der Waals surface area contributed by atoms with Gasteiger partial charge in [0.1, 0.15) is 6.61 Å². The minimum absolute atomic E-state index is 0.0346. The van der Waals surface area contributed by atoms with E-state index >= 15 is 0 Å². The highest BCUT2D eigenvalue weighted by Gasteiger charge is 2.36. The van der Waals surface area contributed by atoms with Crippen LogP contribution >= 0.6 is 0 Å². The van der Waals surface area contributed by atoms with Gasteiger partial charge in [-0.05, 0) is 38.3 Å². The molecule has 0 saturated carbocycles. The van der Waals surface area contributed by atoms with Crippen molar-refractivity contribution < 1.29 is 19.4 Å². The summed E-state index contributed by atoms with van der Waals surface area (Å²) in [6.07, 6.45) is 1.56. The maximum atomic E-state index is 12.6. The summed E-state index contributed by atoms with van der Waals surface area (Å²) in [5.41, 5.74) is 0. The molecule has 2 heterocycles. The van der Waals surface area contributed by atoms with Crippen LogP contribution in [0.25, 0.3) is 0 Å². The van der Waals surface area contributed by atoms with Crippen molar-refractivity contribution in [3.63, 3.8) is 0 Å². The second kappa shape index (κ2) is 5.93. The number of benzene rings is 1. The fourth-order valence-electron chi connectivity index (χ4n) is 3.09. The molecule has 1 fully saturated rings. The molecule has 5 nitrogen and oxygen atoms in total. The van der Waals surface area contributed by atoms with Crippen molar-refractivity contribution >= 4 is 5.91 Å². The molecule has 0 radical (unpaired) electrons. The topological polar surface area (TPSA) is 59.0 Å². The van der Waals surface area contributed by atoms with Gasteiger partial charge in [0.25, 0.3) is 5.91 Å². The highest BCUT2D eigenvalue weighted by Crippen LogP contribution is 2.32. The Hall–Kier alpha value is -1.75. The SMILES string of the molecule is CC(O)CC1CCCN1C(=O)C1COc2ccccc2O1. The van der Waals surface area contributed by atoms with Crippen LogP contribution in [0.2, 0.25) is 0 Å². The number of hydrogen-bond acceptors (Lipinski definition) is 4. The second-order valence-electron chi connectivity index (χ2n) is 5.78. The molecule has 1 amide bonds. The Balaban J connectivity index is 1.68. The van der Waals surface area contributed by atoms with Gasteiger partial charge in [-0.15, -0.1) is 0 Å². The first-order valence-electron chi connectivity index (χ1n) is 7.52. The van der Waals surface area contributed by atoms with Crippen LogP contribution in [0.1, 0.15) is 26.2 Å². The van der Waals surface area contributed by atoms with Gasteiger partial charge >= 0.3 is 0 Å². The average molecular weight is 291 g/mol. The fourth-order valence-corrected chi connectivity index (χ4v) is 3.09. The molecule has 0 spiro atoms. The summed E-state index contributed by atoms with van der Waals surface area (Å²) in [7, 11) is 0. The maximum Gasteiger partial charge on any atom is 0.267 e. The zero-order chi connectivity index (χ0) is 14.8. The number of carbonyl (C=O) groups excluding carboxylic acids is 1. The van der Waals surface area contributed by atoms with Gasteiger partial charge in [0.2, 0.25) is 6.10 Å². The molecule has 1 saturated heterocycles. The van der Waals surface area contributed by atoms with Crippen molar-refractivity contribution in [1.29, 1.82) is 0 Å². The molecular formula is C16H21NO4. The minimum Gasteiger partial charge on any atom is -0.485 e. The molecule has 1 N–H and O–H groups in total. The van der Waals surface area contributed by atoms with Gasteiger partial charge in [-0.3, -0.25) is 4.79 Å². The zero-order valence-corrected chi connectivity index (χ0v) is 12.2. The lowest BCUT2D eigenvalue weighted by Gasteiger charge is -2.32. The molecule has 0 aromatic heterocycles. The highest BCUT2D eigenvalue weighted by molar-refractivity contribution is 5.82. The van der Waals surface area contributed by atoms with Gasteiger partial charge in [0.05, 0.1) is 6.10 Å². The number of likely N-dealkylation sites (tertiary alicyclic amines) is 1. The third kappa shape index (κ3) is 2.97. The van der Waals surface area contributed by atoms with Gasteiger partial charge in [0.15, 0.2) is 11.5 Å². The van der Waals surface area contributed by atoms with Crippen molar-refractivity contribution in [2.45, 2.75) is 44.4 Å². The normalized spacial score (nSPS) is 25.7. The third-order valence-corrected chi connectivity index (χ3v) is 4.06. The number of amides is 1. The van der Waals surface area contributed by atoms with Crippen LogP contribution in [0, 0.1) is 0 Å². The Morgan fingerprint density at radius 2 is 2.19 bits per heavy atom. The summed E-state index contributed by atoms with van der Waals surface area (Å²) in [5, 5.41) is 9.56. The molecule has 0 bridgehead atoms. The molecule has 2 aliphatic heterocycles. The van der Waals surface area contributed by atoms with Gasteiger partial charge < -0.3 is 19.5 Å². The van der Waals surface area contributed by atoms with E-state index in [4.69, 9.17) is 9.47 Å². The minimum atomic E-state index is -0.588. The smallest absolute Gasteiger partial charge is 0.267 e. The van der Waals surface area contributed by atoms with E-state index in [1.165, 1.54) is 0 Å². The second-order valence-corrected chi connectivity index (χ2v) is 5.78. The Kier molecular flexibility index (Phi) is 4.01. The molecule has 3 rings (SSSR count). The number of carbonyl (C=O) groups is 1. The molecule has 1 aromatic rings. The van der Waals surface area contributed by atoms with Crippen molar-refractivity contribution in [2.75, 3.05) is 13.2 Å². The number of fused-ring (bicyclic) bond motifs is 1. The van der Waals surface area contributed by atoms with Gasteiger partial charge in [-0.1, -0.05) is 12.1 Å². The summed E-state index contributed by atoms with van der Waals surface area (Å²) in [4.78, 5) is 14.5. The van der Waals surface area contributed by atoms with Crippen molar-refractivity contribution in [3.8, 4) is 11.5 Å². The van der Waals surface area contributed by atoms with Crippen LogP contribution in [0.3, 0.4) is 0 Å². The highest BCUT2D eigenvalue weighted by atomic mass is 16.6. The van der Waals surface area contributed by atoms with Crippen LogP contribution in [-0.2, 0) is 4.79 Å². The summed E-state index contributed by atoms with van der Waals surface area (Å²) in [5.74, 6) is 1.27. The molecule has 5 heteroatoms.